The molecule has 3 saturated heterocycles. The number of amides is 4. The molecule has 50 heavy (non-hydrogen) atoms. The molecule has 258 valence electrons. The Bertz CT molecular complexity index is 2130. The van der Waals surface area contributed by atoms with Gasteiger partial charge in [-0.25, -0.2) is 0 Å². The number of ether oxygens (including phenoxy) is 2. The largest absolute Gasteiger partial charge is 0.496 e. The zero-order chi connectivity index (χ0) is 34.9. The number of nitrogens with one attached hydrogen (secondary N) is 2. The van der Waals surface area contributed by atoms with E-state index in [2.05, 4.69) is 20.1 Å². The third-order valence-corrected chi connectivity index (χ3v) is 11.0. The van der Waals surface area contributed by atoms with E-state index >= 15 is 0 Å². The van der Waals surface area contributed by atoms with Crippen molar-refractivity contribution in [1.29, 1.82) is 0 Å². The van der Waals surface area contributed by atoms with Crippen molar-refractivity contribution in [3.8, 4) is 22.6 Å². The van der Waals surface area contributed by atoms with Crippen LogP contribution >= 0.6 is 0 Å². The molecule has 4 aliphatic rings. The number of aromatic amines is 1. The summed E-state index contributed by atoms with van der Waals surface area (Å²) in [6.07, 6.45) is 5.87. The molecule has 2 aromatic carbocycles. The van der Waals surface area contributed by atoms with Gasteiger partial charge in [0.25, 0.3) is 17.4 Å². The summed E-state index contributed by atoms with van der Waals surface area (Å²) < 4.78 is 13.4. The molecule has 3 fully saturated rings. The third-order valence-electron chi connectivity index (χ3n) is 11.0. The molecule has 1 atom stereocenters. The van der Waals surface area contributed by atoms with Crippen molar-refractivity contribution in [1.82, 2.24) is 24.7 Å². The maximum atomic E-state index is 13.3. The lowest BCUT2D eigenvalue weighted by Gasteiger charge is -2.55. The van der Waals surface area contributed by atoms with Gasteiger partial charge in [0.1, 0.15) is 23.1 Å². The molecule has 0 aliphatic carbocycles. The Morgan fingerprint density at radius 1 is 0.880 bits per heavy atom. The SMILES string of the molecule is COc1cc(-c2cn(C)c(=O)c3[nH]ccc23)cc(OC)c1CN1CCC2(CC1)CN(c1ccc3c(c1)C(=O)N(C1CCC(=O)NC1=O)C3=O)C2. The number of benzene rings is 2. The highest BCUT2D eigenvalue weighted by atomic mass is 16.5. The molecule has 4 aromatic rings. The van der Waals surface area contributed by atoms with E-state index in [-0.39, 0.29) is 29.4 Å². The predicted molar refractivity (Wildman–Crippen MR) is 184 cm³/mol. The zero-order valence-electron chi connectivity index (χ0n) is 28.2. The Morgan fingerprint density at radius 2 is 1.58 bits per heavy atom. The molecule has 2 N–H and O–H groups in total. The quantitative estimate of drug-likeness (QED) is 0.282. The van der Waals surface area contributed by atoms with E-state index in [0.717, 1.165) is 83.2 Å². The number of aromatic nitrogens is 2. The van der Waals surface area contributed by atoms with Gasteiger partial charge in [0.15, 0.2) is 0 Å². The number of imide groups is 2. The summed E-state index contributed by atoms with van der Waals surface area (Å²) in [5.41, 5.74) is 4.89. The Kier molecular flexibility index (Phi) is 7.55. The van der Waals surface area contributed by atoms with Crippen molar-refractivity contribution in [3.05, 3.63) is 75.8 Å². The second kappa shape index (κ2) is 11.9. The number of nitrogens with zero attached hydrogens (tertiary/aromatic N) is 4. The monoisotopic (exact) mass is 678 g/mol. The zero-order valence-corrected chi connectivity index (χ0v) is 28.2. The number of carbonyl (C=O) groups excluding carboxylic acids is 4. The first-order chi connectivity index (χ1) is 24.1. The number of rotatable bonds is 7. The molecule has 6 heterocycles. The number of hydrogen-bond acceptors (Lipinski definition) is 9. The predicted octanol–water partition coefficient (Wildman–Crippen LogP) is 3.05. The van der Waals surface area contributed by atoms with Crippen LogP contribution in [-0.4, -0.2) is 89.4 Å². The van der Waals surface area contributed by atoms with Gasteiger partial charge in [0.2, 0.25) is 11.8 Å². The van der Waals surface area contributed by atoms with E-state index in [0.29, 0.717) is 17.6 Å². The summed E-state index contributed by atoms with van der Waals surface area (Å²) in [4.78, 5) is 71.9. The minimum atomic E-state index is -0.977. The fourth-order valence-corrected chi connectivity index (χ4v) is 8.12. The van der Waals surface area contributed by atoms with Crippen LogP contribution in [0.15, 0.2) is 53.6 Å². The summed E-state index contributed by atoms with van der Waals surface area (Å²) in [6.45, 7) is 4.19. The Hall–Kier alpha value is -5.43. The van der Waals surface area contributed by atoms with Crippen molar-refractivity contribution in [2.24, 2.45) is 12.5 Å². The fraction of sp³-hybridized carbons (Fsp3) is 0.378. The van der Waals surface area contributed by atoms with Gasteiger partial charge in [-0.15, -0.1) is 0 Å². The fourth-order valence-electron chi connectivity index (χ4n) is 8.12. The number of methoxy groups -OCH3 is 2. The highest BCUT2D eigenvalue weighted by Crippen LogP contribution is 2.45. The maximum Gasteiger partial charge on any atom is 0.274 e. The van der Waals surface area contributed by atoms with Crippen LogP contribution in [0.5, 0.6) is 11.5 Å². The lowest BCUT2D eigenvalue weighted by molar-refractivity contribution is -0.136. The number of likely N-dealkylation sites (tertiary alicyclic amines) is 1. The van der Waals surface area contributed by atoms with Crippen LogP contribution in [0.3, 0.4) is 0 Å². The summed E-state index contributed by atoms with van der Waals surface area (Å²) in [6, 6.07) is 10.3. The summed E-state index contributed by atoms with van der Waals surface area (Å²) >= 11 is 0. The first-order valence-corrected chi connectivity index (χ1v) is 16.8. The second-order valence-corrected chi connectivity index (χ2v) is 13.9. The smallest absolute Gasteiger partial charge is 0.274 e. The van der Waals surface area contributed by atoms with E-state index < -0.39 is 29.7 Å². The number of fused-ring (bicyclic) bond motifs is 2. The molecule has 0 bridgehead atoms. The molecular formula is C37H38N6O7. The molecule has 1 unspecified atom stereocenters. The molecular weight excluding hydrogens is 640 g/mol. The number of H-pyrrole nitrogens is 1. The van der Waals surface area contributed by atoms with Gasteiger partial charge in [-0.2, -0.15) is 0 Å². The van der Waals surface area contributed by atoms with Crippen LogP contribution in [0.4, 0.5) is 5.69 Å². The number of aryl methyl sites for hydroxylation is 1. The summed E-state index contributed by atoms with van der Waals surface area (Å²) in [7, 11) is 5.07. The number of carbonyl (C=O) groups is 4. The standard InChI is InChI=1S/C37H38N6O7/c1-40-17-26(23-8-11-38-32(23)36(40)48)21-14-29(49-2)27(30(15-21)50-3)18-41-12-9-37(10-13-41)19-42(20-37)22-4-5-24-25(16-22)35(47)43(34(24)46)28-6-7-31(44)39-33(28)45/h4-5,8,11,14-17,28,38H,6-7,9-10,12-13,18-20H2,1-3H3,(H,39,44,45). The highest BCUT2D eigenvalue weighted by molar-refractivity contribution is 6.23. The van der Waals surface area contributed by atoms with Crippen molar-refractivity contribution < 1.29 is 28.7 Å². The molecule has 4 aliphatic heterocycles. The van der Waals surface area contributed by atoms with Gasteiger partial charge in [0, 0.05) is 67.5 Å². The number of pyridine rings is 1. The molecule has 0 radical (unpaired) electrons. The van der Waals surface area contributed by atoms with E-state index in [9.17, 15) is 24.0 Å². The van der Waals surface area contributed by atoms with Gasteiger partial charge < -0.3 is 23.9 Å². The van der Waals surface area contributed by atoms with Crippen LogP contribution < -0.4 is 25.2 Å². The van der Waals surface area contributed by atoms with E-state index in [1.54, 1.807) is 44.2 Å². The molecule has 4 amide bonds. The van der Waals surface area contributed by atoms with Crippen LogP contribution in [0.25, 0.3) is 22.0 Å². The van der Waals surface area contributed by atoms with Crippen LogP contribution in [0.2, 0.25) is 0 Å². The average Bonchev–Trinajstić information content (AvgIpc) is 3.69. The molecule has 8 rings (SSSR count). The van der Waals surface area contributed by atoms with Crippen molar-refractivity contribution in [3.63, 3.8) is 0 Å². The van der Waals surface area contributed by atoms with Gasteiger partial charge >= 0.3 is 0 Å². The minimum absolute atomic E-state index is 0.0843. The summed E-state index contributed by atoms with van der Waals surface area (Å²) in [5, 5.41) is 3.08. The number of anilines is 1. The number of hydrogen-bond donors (Lipinski definition) is 2. The molecule has 1 spiro atoms. The van der Waals surface area contributed by atoms with Gasteiger partial charge in [-0.05, 0) is 74.3 Å². The lowest BCUT2D eigenvalue weighted by atomic mass is 9.71. The summed E-state index contributed by atoms with van der Waals surface area (Å²) in [5.74, 6) is -0.530. The van der Waals surface area contributed by atoms with Gasteiger partial charge in [-0.3, -0.25) is 39.1 Å². The third kappa shape index (κ3) is 5.06. The van der Waals surface area contributed by atoms with Crippen molar-refractivity contribution in [2.75, 3.05) is 45.3 Å². The average molecular weight is 679 g/mol. The van der Waals surface area contributed by atoms with Crippen molar-refractivity contribution >= 4 is 40.2 Å². The van der Waals surface area contributed by atoms with Crippen molar-refractivity contribution in [2.45, 2.75) is 38.3 Å². The van der Waals surface area contributed by atoms with Crippen LogP contribution in [0, 0.1) is 5.41 Å². The Morgan fingerprint density at radius 3 is 2.26 bits per heavy atom. The second-order valence-electron chi connectivity index (χ2n) is 13.9. The topological polar surface area (TPSA) is 146 Å². The number of piperidine rings is 2. The lowest BCUT2D eigenvalue weighted by Crippen LogP contribution is -2.60. The van der Waals surface area contributed by atoms with Gasteiger partial charge in [-0.1, -0.05) is 0 Å². The molecule has 2 aromatic heterocycles. The normalized spacial score (nSPS) is 20.3. The van der Waals surface area contributed by atoms with Crippen LogP contribution in [-0.2, 0) is 23.2 Å². The molecule has 13 nitrogen and oxygen atoms in total. The van der Waals surface area contributed by atoms with E-state index in [1.165, 1.54) is 0 Å². The maximum absolute atomic E-state index is 13.3. The minimum Gasteiger partial charge on any atom is -0.496 e. The Balaban J connectivity index is 0.935. The van der Waals surface area contributed by atoms with Crippen LogP contribution in [0.1, 0.15) is 52.0 Å². The molecule has 0 saturated carbocycles. The van der Waals surface area contributed by atoms with E-state index in [4.69, 9.17) is 9.47 Å². The van der Waals surface area contributed by atoms with E-state index in [1.807, 2.05) is 30.5 Å². The van der Waals surface area contributed by atoms with Gasteiger partial charge in [0.05, 0.1) is 30.9 Å². The molecule has 13 heteroatoms. The Labute approximate surface area is 287 Å². The first kappa shape index (κ1) is 31.8. The first-order valence-electron chi connectivity index (χ1n) is 16.8. The highest BCUT2D eigenvalue weighted by Gasteiger charge is 2.47.